The molecule has 0 aliphatic carbocycles. The van der Waals surface area contributed by atoms with Gasteiger partial charge in [0.1, 0.15) is 10.0 Å². The molecule has 0 spiro atoms. The van der Waals surface area contributed by atoms with Crippen LogP contribution in [0, 0.1) is 10.1 Å². The number of benzene rings is 3. The van der Waals surface area contributed by atoms with Crippen LogP contribution in [0.5, 0.6) is 0 Å². The van der Waals surface area contributed by atoms with E-state index in [1.165, 1.54) is 6.07 Å². The van der Waals surface area contributed by atoms with E-state index in [0.29, 0.717) is 5.56 Å². The summed E-state index contributed by atoms with van der Waals surface area (Å²) in [5.74, 6) is 0. The lowest BCUT2D eigenvalue weighted by atomic mass is 10.1. The number of aromatic nitrogens is 2. The van der Waals surface area contributed by atoms with Gasteiger partial charge in [-0.25, -0.2) is 9.97 Å². The van der Waals surface area contributed by atoms with E-state index >= 15 is 0 Å². The van der Waals surface area contributed by atoms with E-state index in [-0.39, 0.29) is 10.6 Å². The average Bonchev–Trinajstić information content (AvgIpc) is 3.36. The number of nitro benzene ring substituents is 1. The van der Waals surface area contributed by atoms with Gasteiger partial charge in [0.05, 0.1) is 30.9 Å². The SMILES string of the molecule is O=[N+]([O-])c1ccccc1C=C(c1nc2ccccc2s1)c1nc2ccccc2s1. The van der Waals surface area contributed by atoms with Crippen LogP contribution in [0.1, 0.15) is 15.6 Å². The summed E-state index contributed by atoms with van der Waals surface area (Å²) >= 11 is 3.12. The number of fused-ring (bicyclic) bond motifs is 2. The Morgan fingerprint density at radius 1 is 0.793 bits per heavy atom. The lowest BCUT2D eigenvalue weighted by Crippen LogP contribution is -1.92. The van der Waals surface area contributed by atoms with Crippen molar-refractivity contribution in [1.82, 2.24) is 9.97 Å². The molecule has 2 heterocycles. The molecular weight excluding hydrogens is 402 g/mol. The fourth-order valence-electron chi connectivity index (χ4n) is 3.12. The first kappa shape index (κ1) is 17.7. The van der Waals surface area contributed by atoms with Crippen LogP contribution in [0.2, 0.25) is 0 Å². The number of thiazole rings is 2. The Hall–Kier alpha value is -3.42. The van der Waals surface area contributed by atoms with Gasteiger partial charge in [0.15, 0.2) is 0 Å². The molecule has 140 valence electrons. The quantitative estimate of drug-likeness (QED) is 0.251. The van der Waals surface area contributed by atoms with Gasteiger partial charge in [-0.3, -0.25) is 10.1 Å². The second-order valence-corrected chi connectivity index (χ2v) is 8.41. The van der Waals surface area contributed by atoms with E-state index in [9.17, 15) is 10.1 Å². The molecular formula is C22H13N3O2S2. The molecule has 3 aromatic carbocycles. The third-order valence-electron chi connectivity index (χ3n) is 4.48. The van der Waals surface area contributed by atoms with Crippen LogP contribution in [0.25, 0.3) is 32.1 Å². The molecule has 2 aromatic heterocycles. The van der Waals surface area contributed by atoms with Crippen molar-refractivity contribution in [1.29, 1.82) is 0 Å². The van der Waals surface area contributed by atoms with Gasteiger partial charge in [-0.2, -0.15) is 0 Å². The molecule has 0 aliphatic heterocycles. The molecule has 7 heteroatoms. The zero-order chi connectivity index (χ0) is 19.8. The Kier molecular flexibility index (Phi) is 4.38. The van der Waals surface area contributed by atoms with Crippen molar-refractivity contribution in [3.05, 3.63) is 98.5 Å². The lowest BCUT2D eigenvalue weighted by Gasteiger charge is -2.02. The van der Waals surface area contributed by atoms with Crippen molar-refractivity contribution in [3.63, 3.8) is 0 Å². The fourth-order valence-corrected chi connectivity index (χ4v) is 5.15. The van der Waals surface area contributed by atoms with E-state index in [4.69, 9.17) is 9.97 Å². The van der Waals surface area contributed by atoms with Gasteiger partial charge in [-0.15, -0.1) is 22.7 Å². The molecule has 0 atom stereocenters. The molecule has 5 nitrogen and oxygen atoms in total. The zero-order valence-corrected chi connectivity index (χ0v) is 16.6. The predicted molar refractivity (Wildman–Crippen MR) is 119 cm³/mol. The van der Waals surface area contributed by atoms with E-state index in [2.05, 4.69) is 0 Å². The van der Waals surface area contributed by atoms with Gasteiger partial charge in [0.25, 0.3) is 5.69 Å². The summed E-state index contributed by atoms with van der Waals surface area (Å²) in [6.07, 6.45) is 1.83. The first-order valence-electron chi connectivity index (χ1n) is 8.86. The molecule has 0 saturated heterocycles. The maximum Gasteiger partial charge on any atom is 0.276 e. The number of hydrogen-bond acceptors (Lipinski definition) is 6. The average molecular weight is 415 g/mol. The van der Waals surface area contributed by atoms with Gasteiger partial charge in [0, 0.05) is 11.6 Å². The van der Waals surface area contributed by atoms with Crippen molar-refractivity contribution in [3.8, 4) is 0 Å². The topological polar surface area (TPSA) is 68.9 Å². The minimum absolute atomic E-state index is 0.0622. The van der Waals surface area contributed by atoms with Crippen molar-refractivity contribution < 1.29 is 4.92 Å². The van der Waals surface area contributed by atoms with Gasteiger partial charge < -0.3 is 0 Å². The van der Waals surface area contributed by atoms with E-state index < -0.39 is 0 Å². The van der Waals surface area contributed by atoms with Crippen LogP contribution in [0.15, 0.2) is 72.8 Å². The first-order chi connectivity index (χ1) is 14.2. The second kappa shape index (κ2) is 7.20. The number of para-hydroxylation sites is 3. The first-order valence-corrected chi connectivity index (χ1v) is 10.5. The highest BCUT2D eigenvalue weighted by molar-refractivity contribution is 7.22. The van der Waals surface area contributed by atoms with Gasteiger partial charge in [-0.05, 0) is 36.4 Å². The monoisotopic (exact) mass is 415 g/mol. The molecule has 0 amide bonds. The number of nitrogens with zero attached hydrogens (tertiary/aromatic N) is 3. The summed E-state index contributed by atoms with van der Waals surface area (Å²) in [6, 6.07) is 22.6. The minimum Gasteiger partial charge on any atom is -0.258 e. The van der Waals surface area contributed by atoms with Crippen LogP contribution in [0.4, 0.5) is 5.69 Å². The molecule has 0 aliphatic rings. The molecule has 0 bridgehead atoms. The van der Waals surface area contributed by atoms with Gasteiger partial charge >= 0.3 is 0 Å². The Labute approximate surface area is 173 Å². The van der Waals surface area contributed by atoms with E-state index in [0.717, 1.165) is 36.0 Å². The van der Waals surface area contributed by atoms with E-state index in [1.807, 2.05) is 54.6 Å². The number of nitro groups is 1. The molecule has 0 fully saturated rings. The number of hydrogen-bond donors (Lipinski definition) is 0. The third-order valence-corrected chi connectivity index (χ3v) is 6.62. The molecule has 0 unspecified atom stereocenters. The number of rotatable bonds is 4. The highest BCUT2D eigenvalue weighted by Gasteiger charge is 2.18. The Morgan fingerprint density at radius 2 is 1.31 bits per heavy atom. The van der Waals surface area contributed by atoms with Crippen LogP contribution < -0.4 is 0 Å². The van der Waals surface area contributed by atoms with Gasteiger partial charge in [0.2, 0.25) is 0 Å². The molecule has 5 rings (SSSR count). The van der Waals surface area contributed by atoms with Crippen molar-refractivity contribution in [2.45, 2.75) is 0 Å². The fraction of sp³-hybridized carbons (Fsp3) is 0. The van der Waals surface area contributed by atoms with E-state index in [1.54, 1.807) is 40.9 Å². The smallest absolute Gasteiger partial charge is 0.258 e. The van der Waals surface area contributed by atoms with Crippen molar-refractivity contribution in [2.75, 3.05) is 0 Å². The van der Waals surface area contributed by atoms with Crippen molar-refractivity contribution >= 4 is 60.4 Å². The summed E-state index contributed by atoms with van der Waals surface area (Å²) in [5.41, 5.74) is 3.20. The largest absolute Gasteiger partial charge is 0.276 e. The summed E-state index contributed by atoms with van der Waals surface area (Å²) in [6.45, 7) is 0. The maximum absolute atomic E-state index is 11.5. The lowest BCUT2D eigenvalue weighted by molar-refractivity contribution is -0.385. The predicted octanol–water partition coefficient (Wildman–Crippen LogP) is 6.40. The van der Waals surface area contributed by atoms with Crippen molar-refractivity contribution in [2.24, 2.45) is 0 Å². The Morgan fingerprint density at radius 3 is 1.86 bits per heavy atom. The van der Waals surface area contributed by atoms with Crippen LogP contribution >= 0.6 is 22.7 Å². The van der Waals surface area contributed by atoms with Crippen LogP contribution in [-0.2, 0) is 0 Å². The summed E-state index contributed by atoms with van der Waals surface area (Å²) < 4.78 is 2.13. The van der Waals surface area contributed by atoms with Crippen LogP contribution in [-0.4, -0.2) is 14.9 Å². The Bertz CT molecular complexity index is 1260. The molecule has 5 aromatic rings. The Balaban J connectivity index is 1.76. The van der Waals surface area contributed by atoms with Crippen LogP contribution in [0.3, 0.4) is 0 Å². The highest BCUT2D eigenvalue weighted by atomic mass is 32.1. The zero-order valence-electron chi connectivity index (χ0n) is 15.0. The molecule has 0 radical (unpaired) electrons. The summed E-state index contributed by atoms with van der Waals surface area (Å²) in [5, 5.41) is 13.1. The molecule has 29 heavy (non-hydrogen) atoms. The van der Waals surface area contributed by atoms with Gasteiger partial charge in [-0.1, -0.05) is 36.4 Å². The summed E-state index contributed by atoms with van der Waals surface area (Å²) in [4.78, 5) is 20.7. The molecule has 0 saturated carbocycles. The molecule has 0 N–H and O–H groups in total. The summed E-state index contributed by atoms with van der Waals surface area (Å²) in [7, 11) is 0. The maximum atomic E-state index is 11.5. The third kappa shape index (κ3) is 3.30. The second-order valence-electron chi connectivity index (χ2n) is 6.35. The normalized spacial score (nSPS) is 11.0. The highest BCUT2D eigenvalue weighted by Crippen LogP contribution is 2.37. The minimum atomic E-state index is -0.361. The standard InChI is InChI=1S/C22H13N3O2S2/c26-25(27)18-10-4-1-7-14(18)13-15(21-23-16-8-2-5-11-19(16)28-21)22-24-17-9-3-6-12-20(17)29-22/h1-13H.